The minimum Gasteiger partial charge on any atom is -0.489 e. The summed E-state index contributed by atoms with van der Waals surface area (Å²) in [5.74, 6) is -0.467. The van der Waals surface area contributed by atoms with Crippen LogP contribution in [-0.2, 0) is 0 Å². The Morgan fingerprint density at radius 2 is 2.20 bits per heavy atom. The smallest absolute Gasteiger partial charge is 0.144 e. The molecule has 0 radical (unpaired) electrons. The first-order valence-corrected chi connectivity index (χ1v) is 4.48. The van der Waals surface area contributed by atoms with Gasteiger partial charge in [0.2, 0.25) is 0 Å². The van der Waals surface area contributed by atoms with Gasteiger partial charge in [-0.05, 0) is 26.0 Å². The highest BCUT2D eigenvalue weighted by Crippen LogP contribution is 2.21. The average molecular weight is 209 g/mol. The predicted molar refractivity (Wildman–Crippen MR) is 52.9 cm³/mol. The molecule has 0 bridgehead atoms. The van der Waals surface area contributed by atoms with E-state index in [2.05, 4.69) is 0 Å². The molecule has 0 fully saturated rings. The number of nitriles is 1. The molecule has 0 aliphatic carbocycles. The van der Waals surface area contributed by atoms with Crippen LogP contribution in [0.2, 0.25) is 0 Å². The third-order valence-corrected chi connectivity index (χ3v) is 1.67. The van der Waals surface area contributed by atoms with Crippen LogP contribution < -0.4 is 4.74 Å². The molecule has 80 valence electrons. The molecule has 0 aliphatic rings. The monoisotopic (exact) mass is 209 g/mol. The normalized spacial score (nSPS) is 10.9. The van der Waals surface area contributed by atoms with Gasteiger partial charge in [0.15, 0.2) is 0 Å². The van der Waals surface area contributed by atoms with Crippen LogP contribution in [-0.4, -0.2) is 17.3 Å². The summed E-state index contributed by atoms with van der Waals surface area (Å²) >= 11 is 0. The van der Waals surface area contributed by atoms with Gasteiger partial charge in [0, 0.05) is 0 Å². The maximum Gasteiger partial charge on any atom is 0.144 e. The quantitative estimate of drug-likeness (QED) is 0.826. The van der Waals surface area contributed by atoms with Crippen LogP contribution in [0.4, 0.5) is 4.39 Å². The first-order valence-electron chi connectivity index (χ1n) is 4.48. The fourth-order valence-corrected chi connectivity index (χ4v) is 0.987. The number of halogens is 1. The van der Waals surface area contributed by atoms with Gasteiger partial charge in [-0.1, -0.05) is 6.07 Å². The van der Waals surface area contributed by atoms with Gasteiger partial charge in [0.25, 0.3) is 0 Å². The fourth-order valence-electron chi connectivity index (χ4n) is 0.987. The molecule has 0 saturated heterocycles. The number of ether oxygens (including phenoxy) is 1. The summed E-state index contributed by atoms with van der Waals surface area (Å²) in [5.41, 5.74) is -1.15. The van der Waals surface area contributed by atoms with Gasteiger partial charge in [0.1, 0.15) is 29.8 Å². The minimum atomic E-state index is -1.01. The lowest BCUT2D eigenvalue weighted by Crippen LogP contribution is -2.28. The van der Waals surface area contributed by atoms with E-state index in [1.807, 2.05) is 0 Å². The maximum atomic E-state index is 13.1. The lowest BCUT2D eigenvalue weighted by molar-refractivity contribution is 0.0283. The second-order valence-electron chi connectivity index (χ2n) is 3.83. The molecule has 15 heavy (non-hydrogen) atoms. The van der Waals surface area contributed by atoms with E-state index in [4.69, 9.17) is 10.00 Å². The molecule has 0 amide bonds. The van der Waals surface area contributed by atoms with E-state index >= 15 is 0 Å². The molecular weight excluding hydrogens is 197 g/mol. The molecule has 4 heteroatoms. The van der Waals surface area contributed by atoms with Crippen molar-refractivity contribution in [1.29, 1.82) is 5.26 Å². The molecule has 0 aliphatic heterocycles. The third-order valence-electron chi connectivity index (χ3n) is 1.67. The zero-order valence-electron chi connectivity index (χ0n) is 8.62. The fraction of sp³-hybridized carbons (Fsp3) is 0.364. The molecule has 1 rings (SSSR count). The summed E-state index contributed by atoms with van der Waals surface area (Å²) in [6.45, 7) is 3.14. The molecule has 0 spiro atoms. The molecule has 3 nitrogen and oxygen atoms in total. The van der Waals surface area contributed by atoms with Crippen LogP contribution in [0.1, 0.15) is 19.4 Å². The second kappa shape index (κ2) is 4.28. The number of benzene rings is 1. The van der Waals surface area contributed by atoms with E-state index in [0.717, 1.165) is 0 Å². The van der Waals surface area contributed by atoms with Crippen LogP contribution in [0.3, 0.4) is 0 Å². The number of hydrogen-bond donors (Lipinski definition) is 1. The third kappa shape index (κ3) is 3.22. The van der Waals surface area contributed by atoms with E-state index in [9.17, 15) is 9.50 Å². The Morgan fingerprint density at radius 3 is 2.73 bits per heavy atom. The lowest BCUT2D eigenvalue weighted by Gasteiger charge is -2.18. The average Bonchev–Trinajstić information content (AvgIpc) is 2.13. The highest BCUT2D eigenvalue weighted by molar-refractivity contribution is 5.43. The van der Waals surface area contributed by atoms with Gasteiger partial charge in [-0.2, -0.15) is 5.26 Å². The van der Waals surface area contributed by atoms with E-state index < -0.39 is 11.4 Å². The molecule has 0 saturated carbocycles. The molecule has 1 aromatic carbocycles. The van der Waals surface area contributed by atoms with Crippen molar-refractivity contribution < 1.29 is 14.2 Å². The van der Waals surface area contributed by atoms with Crippen molar-refractivity contribution in [2.45, 2.75) is 19.4 Å². The number of nitrogens with zero attached hydrogens (tertiary/aromatic N) is 1. The standard InChI is InChI=1S/C11H12FNO2/c1-11(2,14)7-15-10-5-3-4-9(12)8(10)6-13/h3-5,14H,7H2,1-2H3. The Balaban J connectivity index is 2.87. The highest BCUT2D eigenvalue weighted by atomic mass is 19.1. The molecule has 0 atom stereocenters. The van der Waals surface area contributed by atoms with Crippen LogP contribution >= 0.6 is 0 Å². The van der Waals surface area contributed by atoms with E-state index in [1.54, 1.807) is 19.9 Å². The van der Waals surface area contributed by atoms with Crippen LogP contribution in [0.5, 0.6) is 5.75 Å². The van der Waals surface area contributed by atoms with Gasteiger partial charge in [0.05, 0.1) is 5.60 Å². The van der Waals surface area contributed by atoms with Crippen molar-refractivity contribution in [3.8, 4) is 11.8 Å². The first-order chi connectivity index (χ1) is 6.94. The zero-order valence-corrected chi connectivity index (χ0v) is 8.62. The minimum absolute atomic E-state index is 0.00509. The molecule has 0 heterocycles. The van der Waals surface area contributed by atoms with Gasteiger partial charge in [-0.3, -0.25) is 0 Å². The maximum absolute atomic E-state index is 13.1. The molecule has 0 aromatic heterocycles. The molecule has 1 N–H and O–H groups in total. The summed E-state index contributed by atoms with van der Waals surface area (Å²) < 4.78 is 18.3. The van der Waals surface area contributed by atoms with Crippen molar-refractivity contribution in [2.75, 3.05) is 6.61 Å². The van der Waals surface area contributed by atoms with Crippen LogP contribution in [0.25, 0.3) is 0 Å². The lowest BCUT2D eigenvalue weighted by atomic mass is 10.1. The van der Waals surface area contributed by atoms with E-state index in [-0.39, 0.29) is 17.9 Å². The number of rotatable bonds is 3. The summed E-state index contributed by atoms with van der Waals surface area (Å²) in [6, 6.07) is 5.86. The highest BCUT2D eigenvalue weighted by Gasteiger charge is 2.16. The second-order valence-corrected chi connectivity index (χ2v) is 3.83. The Labute approximate surface area is 87.7 Å². The van der Waals surface area contributed by atoms with Gasteiger partial charge >= 0.3 is 0 Å². The number of aliphatic hydroxyl groups is 1. The van der Waals surface area contributed by atoms with Crippen molar-refractivity contribution >= 4 is 0 Å². The van der Waals surface area contributed by atoms with Crippen molar-refractivity contribution in [3.63, 3.8) is 0 Å². The SMILES string of the molecule is CC(C)(O)COc1cccc(F)c1C#N. The molecule has 1 aromatic rings. The summed E-state index contributed by atoms with van der Waals surface area (Å²) in [7, 11) is 0. The Hall–Kier alpha value is -1.60. The predicted octanol–water partition coefficient (Wildman–Crippen LogP) is 1.85. The summed E-state index contributed by atoms with van der Waals surface area (Å²) in [5, 5.41) is 18.1. The summed E-state index contributed by atoms with van der Waals surface area (Å²) in [6.07, 6.45) is 0. The summed E-state index contributed by atoms with van der Waals surface area (Å²) in [4.78, 5) is 0. The van der Waals surface area contributed by atoms with E-state index in [0.29, 0.717) is 0 Å². The molecular formula is C11H12FNO2. The first kappa shape index (κ1) is 11.5. The van der Waals surface area contributed by atoms with Crippen LogP contribution in [0.15, 0.2) is 18.2 Å². The number of hydrogen-bond acceptors (Lipinski definition) is 3. The van der Waals surface area contributed by atoms with Gasteiger partial charge in [-0.25, -0.2) is 4.39 Å². The van der Waals surface area contributed by atoms with Gasteiger partial charge in [-0.15, -0.1) is 0 Å². The largest absolute Gasteiger partial charge is 0.489 e. The topological polar surface area (TPSA) is 53.2 Å². The van der Waals surface area contributed by atoms with Crippen molar-refractivity contribution in [3.05, 3.63) is 29.6 Å². The van der Waals surface area contributed by atoms with E-state index in [1.165, 1.54) is 18.2 Å². The van der Waals surface area contributed by atoms with Crippen molar-refractivity contribution in [2.24, 2.45) is 0 Å². The zero-order chi connectivity index (χ0) is 11.5. The Kier molecular flexibility index (Phi) is 3.28. The Bertz CT molecular complexity index is 391. The van der Waals surface area contributed by atoms with Gasteiger partial charge < -0.3 is 9.84 Å². The molecule has 0 unspecified atom stereocenters. The van der Waals surface area contributed by atoms with Crippen LogP contribution in [0, 0.1) is 17.1 Å². The Morgan fingerprint density at radius 1 is 1.53 bits per heavy atom. The van der Waals surface area contributed by atoms with Crippen molar-refractivity contribution in [1.82, 2.24) is 0 Å².